The number of para-hydroxylation sites is 1. The van der Waals surface area contributed by atoms with Gasteiger partial charge in [0.15, 0.2) is 6.10 Å². The summed E-state index contributed by atoms with van der Waals surface area (Å²) in [5.41, 5.74) is 6.48. The van der Waals surface area contributed by atoms with Crippen molar-refractivity contribution in [2.75, 3.05) is 11.1 Å². The summed E-state index contributed by atoms with van der Waals surface area (Å²) in [4.78, 5) is 12.0. The summed E-state index contributed by atoms with van der Waals surface area (Å²) in [7, 11) is 0. The van der Waals surface area contributed by atoms with E-state index in [0.717, 1.165) is 22.6 Å². The van der Waals surface area contributed by atoms with Crippen LogP contribution in [0.25, 0.3) is 0 Å². The van der Waals surface area contributed by atoms with Crippen LogP contribution < -0.4 is 15.8 Å². The van der Waals surface area contributed by atoms with E-state index in [9.17, 15) is 4.79 Å². The molecule has 1 unspecified atom stereocenters. The molecule has 1 amide bonds. The fraction of sp³-hybridized carbons (Fsp3) is 0.182. The number of nitrogen functional groups attached to an aromatic ring is 1. The van der Waals surface area contributed by atoms with Crippen LogP contribution in [0.1, 0.15) is 5.56 Å². The van der Waals surface area contributed by atoms with Gasteiger partial charge in [0, 0.05) is 6.42 Å². The molecule has 0 fully saturated rings. The maximum atomic E-state index is 12.0. The third-order valence-electron chi connectivity index (χ3n) is 2.61. The predicted molar refractivity (Wildman–Crippen MR) is 67.5 cm³/mol. The van der Waals surface area contributed by atoms with Crippen molar-refractivity contribution in [3.63, 3.8) is 0 Å². The molecule has 2 heterocycles. The van der Waals surface area contributed by atoms with Gasteiger partial charge in [-0.1, -0.05) is 29.5 Å². The molecule has 18 heavy (non-hydrogen) atoms. The van der Waals surface area contributed by atoms with Gasteiger partial charge in [-0.3, -0.25) is 10.1 Å². The molecule has 3 rings (SSSR count). The number of nitrogens with two attached hydrogens (primary N) is 1. The number of rotatable bonds is 2. The zero-order valence-electron chi connectivity index (χ0n) is 9.29. The Labute approximate surface area is 107 Å². The largest absolute Gasteiger partial charge is 0.480 e. The highest BCUT2D eigenvalue weighted by atomic mass is 32.1. The molecule has 1 aliphatic rings. The Bertz CT molecular complexity index is 573. The Morgan fingerprint density at radius 3 is 3.00 bits per heavy atom. The molecular formula is C11H10N4O2S. The number of amides is 1. The molecule has 1 atom stereocenters. The fourth-order valence-corrected chi connectivity index (χ4v) is 2.31. The van der Waals surface area contributed by atoms with E-state index >= 15 is 0 Å². The zero-order valence-corrected chi connectivity index (χ0v) is 10.1. The normalized spacial score (nSPS) is 17.0. The number of anilines is 2. The van der Waals surface area contributed by atoms with E-state index in [1.807, 2.05) is 24.3 Å². The Morgan fingerprint density at radius 2 is 2.28 bits per heavy atom. The number of nitrogens with zero attached hydrogens (tertiary/aromatic N) is 2. The van der Waals surface area contributed by atoms with Crippen molar-refractivity contribution in [2.24, 2.45) is 0 Å². The van der Waals surface area contributed by atoms with E-state index in [1.54, 1.807) is 0 Å². The van der Waals surface area contributed by atoms with Crippen LogP contribution in [-0.2, 0) is 11.2 Å². The molecule has 0 radical (unpaired) electrons. The van der Waals surface area contributed by atoms with Crippen molar-refractivity contribution in [3.8, 4) is 5.75 Å². The highest BCUT2D eigenvalue weighted by Crippen LogP contribution is 2.28. The van der Waals surface area contributed by atoms with Gasteiger partial charge in [-0.05, 0) is 11.6 Å². The third kappa shape index (κ3) is 2.00. The average molecular weight is 262 g/mol. The molecule has 2 aromatic rings. The second-order valence-electron chi connectivity index (χ2n) is 3.85. The number of ether oxygens (including phenoxy) is 1. The molecule has 1 aliphatic heterocycles. The first-order valence-electron chi connectivity index (χ1n) is 5.37. The molecule has 0 spiro atoms. The van der Waals surface area contributed by atoms with Gasteiger partial charge in [0.25, 0.3) is 5.91 Å². The number of hydrogen-bond acceptors (Lipinski definition) is 6. The number of fused-ring (bicyclic) bond motifs is 1. The lowest BCUT2D eigenvalue weighted by atomic mass is 10.1. The summed E-state index contributed by atoms with van der Waals surface area (Å²) in [5.74, 6) is 0.525. The zero-order chi connectivity index (χ0) is 12.5. The van der Waals surface area contributed by atoms with Crippen LogP contribution in [0.5, 0.6) is 5.75 Å². The van der Waals surface area contributed by atoms with E-state index in [4.69, 9.17) is 10.5 Å². The van der Waals surface area contributed by atoms with Crippen molar-refractivity contribution in [3.05, 3.63) is 29.8 Å². The molecule has 0 aliphatic carbocycles. The van der Waals surface area contributed by atoms with Crippen LogP contribution in [0.4, 0.5) is 10.3 Å². The first-order chi connectivity index (χ1) is 8.72. The number of benzene rings is 1. The SMILES string of the molecule is Nc1nnc(NC(=O)C2Cc3ccccc3O2)s1. The Morgan fingerprint density at radius 1 is 1.44 bits per heavy atom. The van der Waals surface area contributed by atoms with Crippen LogP contribution in [0.2, 0.25) is 0 Å². The number of carbonyl (C=O) groups excluding carboxylic acids is 1. The standard InChI is InChI=1S/C11H10N4O2S/c12-10-14-15-11(18-10)13-9(16)8-5-6-3-1-2-4-7(6)17-8/h1-4,8H,5H2,(H2,12,14)(H,13,15,16). The van der Waals surface area contributed by atoms with Crippen molar-refractivity contribution >= 4 is 27.5 Å². The van der Waals surface area contributed by atoms with Gasteiger partial charge in [-0.25, -0.2) is 0 Å². The number of carbonyl (C=O) groups is 1. The van der Waals surface area contributed by atoms with Gasteiger partial charge in [-0.2, -0.15) is 0 Å². The van der Waals surface area contributed by atoms with Gasteiger partial charge < -0.3 is 10.5 Å². The minimum atomic E-state index is -0.521. The summed E-state index contributed by atoms with van der Waals surface area (Å²) in [5, 5.41) is 10.7. The minimum absolute atomic E-state index is 0.234. The number of hydrogen-bond donors (Lipinski definition) is 2. The molecule has 92 valence electrons. The third-order valence-corrected chi connectivity index (χ3v) is 3.28. The smallest absolute Gasteiger partial charge is 0.267 e. The molecular weight excluding hydrogens is 252 g/mol. The molecule has 0 saturated carbocycles. The first kappa shape index (κ1) is 11.0. The molecule has 0 bridgehead atoms. The lowest BCUT2D eigenvalue weighted by molar-refractivity contribution is -0.122. The second kappa shape index (κ2) is 4.26. The van der Waals surface area contributed by atoms with Gasteiger partial charge in [0.1, 0.15) is 5.75 Å². The topological polar surface area (TPSA) is 90.1 Å². The first-order valence-corrected chi connectivity index (χ1v) is 6.18. The van der Waals surface area contributed by atoms with Crippen LogP contribution in [0.15, 0.2) is 24.3 Å². The maximum absolute atomic E-state index is 12.0. The van der Waals surface area contributed by atoms with E-state index in [-0.39, 0.29) is 5.91 Å². The second-order valence-corrected chi connectivity index (χ2v) is 4.86. The van der Waals surface area contributed by atoms with Crippen LogP contribution in [0.3, 0.4) is 0 Å². The molecule has 6 nitrogen and oxygen atoms in total. The summed E-state index contributed by atoms with van der Waals surface area (Å²) >= 11 is 1.13. The van der Waals surface area contributed by atoms with E-state index in [0.29, 0.717) is 16.7 Å². The summed E-state index contributed by atoms with van der Waals surface area (Å²) in [6, 6.07) is 7.61. The highest BCUT2D eigenvalue weighted by Gasteiger charge is 2.29. The predicted octanol–water partition coefficient (Wildman–Crippen LogP) is 1.06. The average Bonchev–Trinajstić information content (AvgIpc) is 2.95. The maximum Gasteiger partial charge on any atom is 0.267 e. The highest BCUT2D eigenvalue weighted by molar-refractivity contribution is 7.18. The molecule has 1 aromatic carbocycles. The van der Waals surface area contributed by atoms with Crippen molar-refractivity contribution in [2.45, 2.75) is 12.5 Å². The van der Waals surface area contributed by atoms with Gasteiger partial charge in [0.2, 0.25) is 10.3 Å². The number of aromatic nitrogens is 2. The molecule has 3 N–H and O–H groups in total. The molecule has 0 saturated heterocycles. The van der Waals surface area contributed by atoms with Crippen molar-refractivity contribution in [1.29, 1.82) is 0 Å². The summed E-state index contributed by atoms with van der Waals surface area (Å²) in [6.07, 6.45) is 0.0450. The van der Waals surface area contributed by atoms with Crippen LogP contribution in [0, 0.1) is 0 Å². The van der Waals surface area contributed by atoms with Gasteiger partial charge in [-0.15, -0.1) is 10.2 Å². The van der Waals surface area contributed by atoms with Crippen molar-refractivity contribution < 1.29 is 9.53 Å². The Kier molecular flexibility index (Phi) is 2.60. The van der Waals surface area contributed by atoms with Gasteiger partial charge in [0.05, 0.1) is 0 Å². The van der Waals surface area contributed by atoms with Crippen LogP contribution in [-0.4, -0.2) is 22.2 Å². The lowest BCUT2D eigenvalue weighted by Crippen LogP contribution is -2.31. The fourth-order valence-electron chi connectivity index (χ4n) is 1.80. The lowest BCUT2D eigenvalue weighted by Gasteiger charge is -2.08. The Balaban J connectivity index is 1.69. The quantitative estimate of drug-likeness (QED) is 0.844. The van der Waals surface area contributed by atoms with Gasteiger partial charge >= 0.3 is 0 Å². The van der Waals surface area contributed by atoms with Crippen LogP contribution >= 0.6 is 11.3 Å². The van der Waals surface area contributed by atoms with E-state index in [2.05, 4.69) is 15.5 Å². The molecule has 1 aromatic heterocycles. The van der Waals surface area contributed by atoms with Crippen molar-refractivity contribution in [1.82, 2.24) is 10.2 Å². The summed E-state index contributed by atoms with van der Waals surface area (Å²) < 4.78 is 5.56. The molecule has 7 heteroatoms. The monoisotopic (exact) mass is 262 g/mol. The summed E-state index contributed by atoms with van der Waals surface area (Å²) in [6.45, 7) is 0. The van der Waals surface area contributed by atoms with E-state index < -0.39 is 6.10 Å². The minimum Gasteiger partial charge on any atom is -0.480 e. The number of nitrogens with one attached hydrogen (secondary N) is 1. The van der Waals surface area contributed by atoms with E-state index in [1.165, 1.54) is 0 Å². The Hall–Kier alpha value is -2.15.